The number of nitrogens with zero attached hydrogens (tertiary/aromatic N) is 2. The summed E-state index contributed by atoms with van der Waals surface area (Å²) in [7, 11) is 0. The van der Waals surface area contributed by atoms with Crippen molar-refractivity contribution in [3.8, 4) is 0 Å². The highest BCUT2D eigenvalue weighted by Gasteiger charge is 1.89. The molecular weight excluding hydrogens is 118 g/mol. The molecule has 0 amide bonds. The van der Waals surface area contributed by atoms with E-state index in [0.29, 0.717) is 6.61 Å². The maximum Gasteiger partial charge on any atom is 0.331 e. The molecule has 0 saturated carbocycles. The van der Waals surface area contributed by atoms with Gasteiger partial charge in [-0.15, -0.1) is 0 Å². The minimum atomic E-state index is 0.595. The van der Waals surface area contributed by atoms with Gasteiger partial charge in [-0.1, -0.05) is 19.8 Å². The van der Waals surface area contributed by atoms with Crippen LogP contribution in [0, 0.1) is 5.39 Å². The van der Waals surface area contributed by atoms with Crippen LogP contribution in [0.3, 0.4) is 0 Å². The van der Waals surface area contributed by atoms with Crippen LogP contribution in [0.1, 0.15) is 26.2 Å². The molecule has 9 heavy (non-hydrogen) atoms. The molecule has 0 bridgehead atoms. The van der Waals surface area contributed by atoms with Crippen LogP contribution in [-0.4, -0.2) is 6.61 Å². The molecule has 0 aliphatic heterocycles. The minimum Gasteiger partial charge on any atom is -0.212 e. The first kappa shape index (κ1) is 8.18. The molecule has 52 valence electrons. The Morgan fingerprint density at radius 2 is 2.33 bits per heavy atom. The Bertz CT molecular complexity index is 88.7. The predicted octanol–water partition coefficient (Wildman–Crippen LogP) is 1.47. The zero-order valence-corrected chi connectivity index (χ0v) is 5.63. The third-order valence-electron chi connectivity index (χ3n) is 0.955. The summed E-state index contributed by atoms with van der Waals surface area (Å²) in [4.78, 5) is 4.62. The summed E-state index contributed by atoms with van der Waals surface area (Å²) in [5, 5.41) is 10.4. The summed E-state index contributed by atoms with van der Waals surface area (Å²) in [5.41, 5.74) is 1.99. The second-order valence-electron chi connectivity index (χ2n) is 1.75. The second-order valence-corrected chi connectivity index (χ2v) is 1.75. The fraction of sp³-hybridized carbons (Fsp3) is 1.00. The van der Waals surface area contributed by atoms with Crippen molar-refractivity contribution in [1.82, 2.24) is 5.59 Å². The maximum absolute atomic E-state index is 7.81. The minimum absolute atomic E-state index is 0.595. The number of rotatable bonds is 5. The Morgan fingerprint density at radius 1 is 1.56 bits per heavy atom. The first-order valence-electron chi connectivity index (χ1n) is 3.12. The zero-order valence-electron chi connectivity index (χ0n) is 5.63. The average molecular weight is 130 g/mol. The fourth-order valence-electron chi connectivity index (χ4n) is 0.499. The molecule has 0 radical (unpaired) electrons. The van der Waals surface area contributed by atoms with Gasteiger partial charge in [-0.05, 0) is 6.42 Å². The zero-order chi connectivity index (χ0) is 6.95. The van der Waals surface area contributed by atoms with E-state index in [-0.39, 0.29) is 0 Å². The number of hydrogen-bond donors (Lipinski definition) is 1. The van der Waals surface area contributed by atoms with E-state index < -0.39 is 0 Å². The predicted molar refractivity (Wildman–Crippen MR) is 33.7 cm³/mol. The van der Waals surface area contributed by atoms with Gasteiger partial charge in [0.2, 0.25) is 0 Å². The molecular formula is C5H12N3O+. The van der Waals surface area contributed by atoms with Crippen LogP contribution in [0.15, 0.2) is 0 Å². The van der Waals surface area contributed by atoms with Crippen LogP contribution in [0.5, 0.6) is 0 Å². The first-order valence-corrected chi connectivity index (χ1v) is 3.12. The standard InChI is InChI=1S/C5H12N3O/c1-2-3-4-5-9-8-7-6/h8H,2-5H2,1H3/q+1. The van der Waals surface area contributed by atoms with E-state index in [9.17, 15) is 0 Å². The molecule has 0 heterocycles. The lowest BCUT2D eigenvalue weighted by Crippen LogP contribution is -2.04. The van der Waals surface area contributed by atoms with Gasteiger partial charge < -0.3 is 0 Å². The average Bonchev–Trinajstić information content (AvgIpc) is 1.89. The lowest BCUT2D eigenvalue weighted by molar-refractivity contribution is 0.0647. The molecule has 0 atom stereocenters. The van der Waals surface area contributed by atoms with Gasteiger partial charge in [0, 0.05) is 0 Å². The summed E-state index contributed by atoms with van der Waals surface area (Å²) >= 11 is 0. The molecule has 0 aliphatic rings. The smallest absolute Gasteiger partial charge is 0.212 e. The molecule has 0 saturated heterocycles. The molecule has 1 N–H and O–H groups in total. The molecule has 4 nitrogen and oxygen atoms in total. The highest BCUT2D eigenvalue weighted by molar-refractivity contribution is 4.34. The van der Waals surface area contributed by atoms with Gasteiger partial charge in [0.05, 0.1) is 12.2 Å². The lowest BCUT2D eigenvalue weighted by atomic mass is 10.3. The highest BCUT2D eigenvalue weighted by atomic mass is 16.7. The Balaban J connectivity index is 2.69. The Kier molecular flexibility index (Phi) is 6.53. The molecule has 0 spiro atoms. The summed E-state index contributed by atoms with van der Waals surface area (Å²) in [6, 6.07) is 0. The van der Waals surface area contributed by atoms with E-state index in [4.69, 9.17) is 5.39 Å². The Morgan fingerprint density at radius 3 is 2.89 bits per heavy atom. The number of hydrogen-bond acceptors (Lipinski definition) is 3. The summed E-state index contributed by atoms with van der Waals surface area (Å²) in [6.07, 6.45) is 3.31. The molecule has 0 rings (SSSR count). The number of unbranched alkanes of at least 4 members (excludes halogenated alkanes) is 2. The summed E-state index contributed by atoms with van der Waals surface area (Å²) < 4.78 is 0. The van der Waals surface area contributed by atoms with Crippen molar-refractivity contribution < 1.29 is 4.84 Å². The van der Waals surface area contributed by atoms with Gasteiger partial charge in [0.25, 0.3) is 5.39 Å². The lowest BCUT2D eigenvalue weighted by Gasteiger charge is -1.91. The SMILES string of the molecule is CCCCCON[N+]#N. The van der Waals surface area contributed by atoms with Crippen molar-refractivity contribution in [3.05, 3.63) is 5.08 Å². The second kappa shape index (κ2) is 7.18. The molecule has 0 aromatic rings. The number of diazo groups is 1. The van der Waals surface area contributed by atoms with Crippen LogP contribution in [0.25, 0.3) is 5.08 Å². The van der Waals surface area contributed by atoms with Gasteiger partial charge in [-0.3, -0.25) is 0 Å². The van der Waals surface area contributed by atoms with E-state index in [0.717, 1.165) is 12.8 Å². The molecule has 0 fully saturated rings. The van der Waals surface area contributed by atoms with E-state index in [1.54, 1.807) is 0 Å². The van der Waals surface area contributed by atoms with Crippen molar-refractivity contribution in [2.45, 2.75) is 26.2 Å². The molecule has 0 unspecified atom stereocenters. The third kappa shape index (κ3) is 7.18. The maximum atomic E-state index is 7.81. The Hall–Kier alpha value is -0.820. The van der Waals surface area contributed by atoms with Gasteiger partial charge >= 0.3 is 5.08 Å². The van der Waals surface area contributed by atoms with Crippen LogP contribution in [0.4, 0.5) is 0 Å². The fourth-order valence-corrected chi connectivity index (χ4v) is 0.499. The normalized spacial score (nSPS) is 8.44. The van der Waals surface area contributed by atoms with Crippen molar-refractivity contribution in [2.24, 2.45) is 0 Å². The van der Waals surface area contributed by atoms with Gasteiger partial charge in [0.1, 0.15) is 0 Å². The van der Waals surface area contributed by atoms with Crippen molar-refractivity contribution in [3.63, 3.8) is 0 Å². The van der Waals surface area contributed by atoms with Gasteiger partial charge in [-0.25, -0.2) is 4.84 Å². The summed E-state index contributed by atoms with van der Waals surface area (Å²) in [5.74, 6) is 0. The largest absolute Gasteiger partial charge is 0.331 e. The number of nitrogens with one attached hydrogen (secondary N) is 1. The van der Waals surface area contributed by atoms with Crippen LogP contribution in [-0.2, 0) is 4.84 Å². The van der Waals surface area contributed by atoms with Gasteiger partial charge in [-0.2, -0.15) is 0 Å². The summed E-state index contributed by atoms with van der Waals surface area (Å²) in [6.45, 7) is 2.71. The van der Waals surface area contributed by atoms with Crippen molar-refractivity contribution >= 4 is 0 Å². The molecule has 0 aromatic heterocycles. The topological polar surface area (TPSA) is 49.4 Å². The highest BCUT2D eigenvalue weighted by Crippen LogP contribution is 1.92. The van der Waals surface area contributed by atoms with Crippen LogP contribution in [0.2, 0.25) is 0 Å². The Labute approximate surface area is 54.7 Å². The first-order chi connectivity index (χ1) is 4.41. The van der Waals surface area contributed by atoms with E-state index >= 15 is 0 Å². The van der Waals surface area contributed by atoms with E-state index in [1.165, 1.54) is 6.42 Å². The third-order valence-corrected chi connectivity index (χ3v) is 0.955. The quantitative estimate of drug-likeness (QED) is 0.348. The van der Waals surface area contributed by atoms with Crippen LogP contribution < -0.4 is 5.59 Å². The van der Waals surface area contributed by atoms with Crippen molar-refractivity contribution in [2.75, 3.05) is 6.61 Å². The molecule has 0 aliphatic carbocycles. The van der Waals surface area contributed by atoms with Crippen molar-refractivity contribution in [1.29, 1.82) is 5.39 Å². The van der Waals surface area contributed by atoms with Gasteiger partial charge in [0.15, 0.2) is 0 Å². The van der Waals surface area contributed by atoms with E-state index in [2.05, 4.69) is 16.8 Å². The monoisotopic (exact) mass is 130 g/mol. The molecule has 4 heteroatoms. The van der Waals surface area contributed by atoms with E-state index in [1.807, 2.05) is 5.59 Å². The molecule has 0 aromatic carbocycles. The van der Waals surface area contributed by atoms with Crippen LogP contribution >= 0.6 is 0 Å².